The van der Waals surface area contributed by atoms with Crippen molar-refractivity contribution in [2.75, 3.05) is 13.2 Å². The first-order valence-electron chi connectivity index (χ1n) is 14.6. The van der Waals surface area contributed by atoms with E-state index in [9.17, 15) is 24.3 Å². The van der Waals surface area contributed by atoms with E-state index in [0.29, 0.717) is 18.4 Å². The highest BCUT2D eigenvalue weighted by molar-refractivity contribution is 5.75. The molecule has 1 aromatic rings. The standard InChI is InChI=1S/C30H45NO10/c1-5-7-16-37-29(35)40-23-15-14-22(18-24(23)41-30(36)38-17-8-6-2)25(26(31)27(32)33)19(3)20(4)39-28(34)21-12-10-9-11-13-21/h14-15,18-21,25-26H,5-13,16-17,31H2,1-4H3,(H,32,33)/t19?,20?,25?,26-/m0/s1. The molecule has 0 aliphatic heterocycles. The molecular weight excluding hydrogens is 534 g/mol. The maximum Gasteiger partial charge on any atom is 0.513 e. The minimum Gasteiger partial charge on any atom is -0.480 e. The van der Waals surface area contributed by atoms with Crippen molar-refractivity contribution in [3.63, 3.8) is 0 Å². The first-order valence-corrected chi connectivity index (χ1v) is 14.6. The SMILES string of the molecule is CCCCOC(=O)Oc1ccc(C(C(C)C(C)OC(=O)C2CCCCC2)[C@H](N)C(=O)O)cc1OC(=O)OCCCC. The summed E-state index contributed by atoms with van der Waals surface area (Å²) in [5.41, 5.74) is 6.53. The molecule has 1 aliphatic carbocycles. The number of hydrogen-bond acceptors (Lipinski definition) is 10. The number of rotatable bonds is 15. The molecule has 11 heteroatoms. The third kappa shape index (κ3) is 10.9. The first kappa shape index (κ1) is 33.9. The fraction of sp³-hybridized carbons (Fsp3) is 0.667. The van der Waals surface area contributed by atoms with E-state index < -0.39 is 42.3 Å². The Morgan fingerprint density at radius 1 is 0.902 bits per heavy atom. The van der Waals surface area contributed by atoms with E-state index in [2.05, 4.69) is 0 Å². The molecule has 4 atom stereocenters. The lowest BCUT2D eigenvalue weighted by Gasteiger charge is -2.33. The number of esters is 1. The Labute approximate surface area is 242 Å². The van der Waals surface area contributed by atoms with Gasteiger partial charge in [0.15, 0.2) is 11.5 Å². The van der Waals surface area contributed by atoms with Crippen LogP contribution in [0.3, 0.4) is 0 Å². The van der Waals surface area contributed by atoms with Gasteiger partial charge in [-0.2, -0.15) is 0 Å². The molecule has 0 radical (unpaired) electrons. The van der Waals surface area contributed by atoms with Gasteiger partial charge >= 0.3 is 24.2 Å². The van der Waals surface area contributed by atoms with Crippen molar-refractivity contribution in [3.8, 4) is 11.5 Å². The molecule has 1 aromatic carbocycles. The van der Waals surface area contributed by atoms with Crippen LogP contribution in [-0.2, 0) is 23.8 Å². The third-order valence-corrected chi connectivity index (χ3v) is 7.39. The molecule has 0 aromatic heterocycles. The van der Waals surface area contributed by atoms with E-state index >= 15 is 0 Å². The smallest absolute Gasteiger partial charge is 0.480 e. The number of ether oxygens (including phenoxy) is 5. The van der Waals surface area contributed by atoms with Gasteiger partial charge in [0, 0.05) is 11.8 Å². The molecule has 3 N–H and O–H groups in total. The van der Waals surface area contributed by atoms with Crippen LogP contribution in [0.4, 0.5) is 9.59 Å². The van der Waals surface area contributed by atoms with Gasteiger partial charge in [0.2, 0.25) is 0 Å². The lowest BCUT2D eigenvalue weighted by Crippen LogP contribution is -2.43. The van der Waals surface area contributed by atoms with Crippen molar-refractivity contribution in [2.45, 2.75) is 104 Å². The molecule has 230 valence electrons. The Bertz CT molecular complexity index is 1010. The van der Waals surface area contributed by atoms with Crippen molar-refractivity contribution >= 4 is 24.2 Å². The van der Waals surface area contributed by atoms with Crippen LogP contribution in [0.2, 0.25) is 0 Å². The van der Waals surface area contributed by atoms with Crippen LogP contribution in [0.15, 0.2) is 18.2 Å². The summed E-state index contributed by atoms with van der Waals surface area (Å²) in [6, 6.07) is 2.91. The summed E-state index contributed by atoms with van der Waals surface area (Å²) >= 11 is 0. The quantitative estimate of drug-likeness (QED) is 0.109. The third-order valence-electron chi connectivity index (χ3n) is 7.39. The number of unbranched alkanes of at least 4 members (excludes halogenated alkanes) is 2. The molecule has 0 spiro atoms. The first-order chi connectivity index (χ1) is 19.6. The fourth-order valence-corrected chi connectivity index (χ4v) is 4.74. The monoisotopic (exact) mass is 579 g/mol. The molecule has 1 fully saturated rings. The number of hydrogen-bond donors (Lipinski definition) is 2. The zero-order valence-electron chi connectivity index (χ0n) is 24.6. The maximum absolute atomic E-state index is 12.8. The highest BCUT2D eigenvalue weighted by Gasteiger charge is 2.36. The van der Waals surface area contributed by atoms with Crippen LogP contribution in [0.25, 0.3) is 0 Å². The average Bonchev–Trinajstić information content (AvgIpc) is 2.95. The minimum atomic E-state index is -1.38. The highest BCUT2D eigenvalue weighted by atomic mass is 16.7. The second kappa shape index (κ2) is 17.5. The van der Waals surface area contributed by atoms with Gasteiger partial charge in [0.05, 0.1) is 19.1 Å². The summed E-state index contributed by atoms with van der Waals surface area (Å²) < 4.78 is 26.6. The Morgan fingerprint density at radius 3 is 2.00 bits per heavy atom. The molecule has 2 rings (SSSR count). The highest BCUT2D eigenvalue weighted by Crippen LogP contribution is 2.38. The second-order valence-corrected chi connectivity index (χ2v) is 10.5. The predicted octanol–water partition coefficient (Wildman–Crippen LogP) is 5.96. The molecule has 3 unspecified atom stereocenters. The molecule has 0 amide bonds. The van der Waals surface area contributed by atoms with E-state index in [1.807, 2.05) is 13.8 Å². The summed E-state index contributed by atoms with van der Waals surface area (Å²) in [6.07, 6.45) is 4.84. The second-order valence-electron chi connectivity index (χ2n) is 10.5. The van der Waals surface area contributed by atoms with Crippen molar-refractivity contribution in [1.82, 2.24) is 0 Å². The molecule has 0 heterocycles. The number of carbonyl (C=O) groups is 4. The minimum absolute atomic E-state index is 0.116. The maximum atomic E-state index is 12.8. The van der Waals surface area contributed by atoms with Crippen LogP contribution in [0.1, 0.15) is 97.0 Å². The number of nitrogens with two attached hydrogens (primary N) is 1. The van der Waals surface area contributed by atoms with Gasteiger partial charge in [-0.1, -0.05) is 58.9 Å². The van der Waals surface area contributed by atoms with E-state index in [1.165, 1.54) is 18.2 Å². The molecular formula is C30H45NO10. The molecule has 0 saturated heterocycles. The Balaban J connectivity index is 2.35. The Morgan fingerprint density at radius 2 is 1.46 bits per heavy atom. The molecule has 1 saturated carbocycles. The molecule has 11 nitrogen and oxygen atoms in total. The largest absolute Gasteiger partial charge is 0.513 e. The van der Waals surface area contributed by atoms with E-state index in [1.54, 1.807) is 13.8 Å². The number of carbonyl (C=O) groups excluding carboxylic acids is 3. The fourth-order valence-electron chi connectivity index (χ4n) is 4.74. The van der Waals surface area contributed by atoms with Crippen LogP contribution >= 0.6 is 0 Å². The average molecular weight is 580 g/mol. The van der Waals surface area contributed by atoms with Crippen LogP contribution in [0.5, 0.6) is 11.5 Å². The van der Waals surface area contributed by atoms with Crippen molar-refractivity contribution < 1.29 is 48.0 Å². The summed E-state index contributed by atoms with van der Waals surface area (Å²) in [4.78, 5) is 49.4. The molecule has 41 heavy (non-hydrogen) atoms. The zero-order chi connectivity index (χ0) is 30.4. The summed E-state index contributed by atoms with van der Waals surface area (Å²) in [5, 5.41) is 9.82. The van der Waals surface area contributed by atoms with E-state index in [4.69, 9.17) is 29.4 Å². The normalized spacial score (nSPS) is 16.5. The number of benzene rings is 1. The predicted molar refractivity (Wildman–Crippen MR) is 150 cm³/mol. The number of carboxylic acid groups (broad SMARTS) is 1. The van der Waals surface area contributed by atoms with Gasteiger partial charge in [0.25, 0.3) is 0 Å². The van der Waals surface area contributed by atoms with Gasteiger partial charge < -0.3 is 34.5 Å². The Hall–Kier alpha value is -3.34. The van der Waals surface area contributed by atoms with Crippen LogP contribution < -0.4 is 15.2 Å². The van der Waals surface area contributed by atoms with Gasteiger partial charge in [-0.15, -0.1) is 0 Å². The van der Waals surface area contributed by atoms with Gasteiger partial charge in [-0.3, -0.25) is 9.59 Å². The van der Waals surface area contributed by atoms with Crippen molar-refractivity contribution in [1.29, 1.82) is 0 Å². The lowest BCUT2D eigenvalue weighted by atomic mass is 9.79. The summed E-state index contributed by atoms with van der Waals surface area (Å²) in [7, 11) is 0. The van der Waals surface area contributed by atoms with Crippen molar-refractivity contribution in [2.24, 2.45) is 17.6 Å². The van der Waals surface area contributed by atoms with Gasteiger partial charge in [0.1, 0.15) is 12.1 Å². The zero-order valence-corrected chi connectivity index (χ0v) is 24.6. The van der Waals surface area contributed by atoms with Crippen LogP contribution in [-0.4, -0.2) is 54.7 Å². The summed E-state index contributed by atoms with van der Waals surface area (Å²) in [6.45, 7) is 7.64. The van der Waals surface area contributed by atoms with E-state index in [0.717, 1.165) is 44.9 Å². The Kier molecular flexibility index (Phi) is 14.4. The number of aliphatic carboxylic acids is 1. The topological polar surface area (TPSA) is 161 Å². The van der Waals surface area contributed by atoms with Gasteiger partial charge in [-0.25, -0.2) is 9.59 Å². The molecule has 0 bridgehead atoms. The van der Waals surface area contributed by atoms with Crippen LogP contribution in [0, 0.1) is 11.8 Å². The number of carboxylic acids is 1. The van der Waals surface area contributed by atoms with Crippen molar-refractivity contribution in [3.05, 3.63) is 23.8 Å². The lowest BCUT2D eigenvalue weighted by molar-refractivity contribution is -0.157. The van der Waals surface area contributed by atoms with Gasteiger partial charge in [-0.05, 0) is 50.3 Å². The summed E-state index contributed by atoms with van der Waals surface area (Å²) in [5.74, 6) is -3.40. The van der Waals surface area contributed by atoms with E-state index in [-0.39, 0.29) is 36.6 Å². The molecule has 1 aliphatic rings.